The third-order valence-corrected chi connectivity index (χ3v) is 2.42. The molecule has 0 spiro atoms. The summed E-state index contributed by atoms with van der Waals surface area (Å²) in [6.07, 6.45) is 1.61. The Bertz CT molecular complexity index is 611. The van der Waals surface area contributed by atoms with Crippen molar-refractivity contribution in [1.82, 2.24) is 25.2 Å². The van der Waals surface area contributed by atoms with Crippen molar-refractivity contribution in [2.75, 3.05) is 5.73 Å². The molecule has 0 fully saturated rings. The fourth-order valence-corrected chi connectivity index (χ4v) is 1.62. The number of benzene rings is 1. The van der Waals surface area contributed by atoms with Gasteiger partial charge in [-0.15, -0.1) is 0 Å². The number of rotatable bonds is 2. The van der Waals surface area contributed by atoms with Crippen LogP contribution in [0.3, 0.4) is 0 Å². The first-order valence-corrected chi connectivity index (χ1v) is 5.12. The standard InChI is InChI=1S/C11H10N6/c12-11-6-9(10-7-13-16-14-10)15-17(11)8-4-2-1-3-5-8/h1-7H,12H2,(H,13,14,16). The molecular formula is C11H10N6. The lowest BCUT2D eigenvalue weighted by molar-refractivity contribution is 0.889. The molecule has 2 aromatic heterocycles. The summed E-state index contributed by atoms with van der Waals surface area (Å²) >= 11 is 0. The second-order valence-electron chi connectivity index (χ2n) is 3.56. The van der Waals surface area contributed by atoms with Crippen LogP contribution in [0.25, 0.3) is 17.1 Å². The molecule has 3 N–H and O–H groups in total. The van der Waals surface area contributed by atoms with Crippen molar-refractivity contribution in [2.45, 2.75) is 0 Å². The molecule has 3 aromatic rings. The van der Waals surface area contributed by atoms with Crippen LogP contribution in [-0.4, -0.2) is 25.2 Å². The number of para-hydroxylation sites is 1. The number of nitrogen functional groups attached to an aromatic ring is 1. The molecule has 0 bridgehead atoms. The Labute approximate surface area is 97.1 Å². The second-order valence-corrected chi connectivity index (χ2v) is 3.56. The normalized spacial score (nSPS) is 10.6. The maximum atomic E-state index is 5.92. The van der Waals surface area contributed by atoms with Gasteiger partial charge in [0.25, 0.3) is 0 Å². The van der Waals surface area contributed by atoms with E-state index in [1.165, 1.54) is 0 Å². The molecule has 0 atom stereocenters. The molecule has 0 unspecified atom stereocenters. The van der Waals surface area contributed by atoms with Gasteiger partial charge in [-0.25, -0.2) is 4.68 Å². The highest BCUT2D eigenvalue weighted by Gasteiger charge is 2.10. The van der Waals surface area contributed by atoms with Gasteiger partial charge in [-0.3, -0.25) is 0 Å². The van der Waals surface area contributed by atoms with Gasteiger partial charge in [0.15, 0.2) is 0 Å². The zero-order valence-electron chi connectivity index (χ0n) is 8.91. The zero-order chi connectivity index (χ0) is 11.7. The van der Waals surface area contributed by atoms with Crippen molar-refractivity contribution in [2.24, 2.45) is 0 Å². The van der Waals surface area contributed by atoms with E-state index in [0.29, 0.717) is 17.2 Å². The van der Waals surface area contributed by atoms with Gasteiger partial charge < -0.3 is 5.73 Å². The van der Waals surface area contributed by atoms with Crippen LogP contribution in [0.15, 0.2) is 42.6 Å². The summed E-state index contributed by atoms with van der Waals surface area (Å²) in [5.41, 5.74) is 8.21. The predicted molar refractivity (Wildman–Crippen MR) is 63.4 cm³/mol. The average molecular weight is 226 g/mol. The minimum Gasteiger partial charge on any atom is -0.384 e. The molecule has 17 heavy (non-hydrogen) atoms. The minimum atomic E-state index is 0.564. The van der Waals surface area contributed by atoms with Crippen LogP contribution in [0.1, 0.15) is 0 Å². The molecule has 6 nitrogen and oxygen atoms in total. The van der Waals surface area contributed by atoms with Crippen LogP contribution >= 0.6 is 0 Å². The highest BCUT2D eigenvalue weighted by Crippen LogP contribution is 2.20. The van der Waals surface area contributed by atoms with Crippen LogP contribution < -0.4 is 5.73 Å². The monoisotopic (exact) mass is 226 g/mol. The van der Waals surface area contributed by atoms with E-state index in [-0.39, 0.29) is 0 Å². The van der Waals surface area contributed by atoms with Crippen LogP contribution in [0.5, 0.6) is 0 Å². The highest BCUT2D eigenvalue weighted by atomic mass is 15.3. The Hall–Kier alpha value is -2.63. The van der Waals surface area contributed by atoms with Crippen molar-refractivity contribution in [3.8, 4) is 17.1 Å². The van der Waals surface area contributed by atoms with E-state index in [1.807, 2.05) is 30.3 Å². The topological polar surface area (TPSA) is 85.4 Å². The Morgan fingerprint density at radius 2 is 1.94 bits per heavy atom. The molecule has 0 saturated heterocycles. The number of hydrogen-bond acceptors (Lipinski definition) is 4. The first-order valence-electron chi connectivity index (χ1n) is 5.12. The number of aromatic amines is 1. The zero-order valence-corrected chi connectivity index (χ0v) is 8.91. The first-order chi connectivity index (χ1) is 8.34. The van der Waals surface area contributed by atoms with Crippen LogP contribution in [0, 0.1) is 0 Å². The summed E-state index contributed by atoms with van der Waals surface area (Å²) in [5.74, 6) is 0.564. The second kappa shape index (κ2) is 3.75. The third kappa shape index (κ3) is 1.65. The van der Waals surface area contributed by atoms with Gasteiger partial charge >= 0.3 is 0 Å². The van der Waals surface area contributed by atoms with Gasteiger partial charge in [0.2, 0.25) is 0 Å². The Morgan fingerprint density at radius 3 is 2.65 bits per heavy atom. The SMILES string of the molecule is Nc1cc(-c2cn[nH]n2)nn1-c1ccccc1. The van der Waals surface area contributed by atoms with Gasteiger partial charge in [0.05, 0.1) is 11.9 Å². The fraction of sp³-hybridized carbons (Fsp3) is 0. The third-order valence-electron chi connectivity index (χ3n) is 2.42. The molecule has 84 valence electrons. The number of nitrogens with one attached hydrogen (secondary N) is 1. The molecule has 0 radical (unpaired) electrons. The highest BCUT2D eigenvalue weighted by molar-refractivity contribution is 5.58. The Morgan fingerprint density at radius 1 is 1.12 bits per heavy atom. The predicted octanol–water partition coefficient (Wildman–Crippen LogP) is 1.24. The van der Waals surface area contributed by atoms with E-state index in [4.69, 9.17) is 5.73 Å². The first kappa shape index (κ1) is 9.59. The van der Waals surface area contributed by atoms with E-state index < -0.39 is 0 Å². The van der Waals surface area contributed by atoms with Crippen LogP contribution in [-0.2, 0) is 0 Å². The van der Waals surface area contributed by atoms with Gasteiger partial charge in [0, 0.05) is 6.07 Å². The van der Waals surface area contributed by atoms with Crippen LogP contribution in [0.2, 0.25) is 0 Å². The quantitative estimate of drug-likeness (QED) is 0.688. The van der Waals surface area contributed by atoms with E-state index in [9.17, 15) is 0 Å². The Kier molecular flexibility index (Phi) is 2.11. The van der Waals surface area contributed by atoms with Crippen LogP contribution in [0.4, 0.5) is 5.82 Å². The number of nitrogens with zero attached hydrogens (tertiary/aromatic N) is 4. The molecular weight excluding hydrogens is 216 g/mol. The molecule has 0 aliphatic carbocycles. The molecule has 2 heterocycles. The molecule has 1 aromatic carbocycles. The number of hydrogen-bond donors (Lipinski definition) is 2. The smallest absolute Gasteiger partial charge is 0.133 e. The Balaban J connectivity index is 2.08. The van der Waals surface area contributed by atoms with E-state index in [0.717, 1.165) is 5.69 Å². The van der Waals surface area contributed by atoms with Gasteiger partial charge in [0.1, 0.15) is 17.2 Å². The van der Waals surface area contributed by atoms with Gasteiger partial charge in [-0.05, 0) is 12.1 Å². The summed E-state index contributed by atoms with van der Waals surface area (Å²) in [5, 5.41) is 14.6. The molecule has 0 amide bonds. The van der Waals surface area contributed by atoms with Crippen molar-refractivity contribution in [1.29, 1.82) is 0 Å². The largest absolute Gasteiger partial charge is 0.384 e. The number of nitrogens with two attached hydrogens (primary N) is 1. The average Bonchev–Trinajstić information content (AvgIpc) is 2.99. The van der Waals surface area contributed by atoms with Crippen molar-refractivity contribution in [3.63, 3.8) is 0 Å². The summed E-state index contributed by atoms with van der Waals surface area (Å²) in [6, 6.07) is 11.5. The van der Waals surface area contributed by atoms with E-state index in [1.54, 1.807) is 16.9 Å². The maximum absolute atomic E-state index is 5.92. The van der Waals surface area contributed by atoms with Gasteiger partial charge in [-0.2, -0.15) is 20.5 Å². The molecule has 0 aliphatic rings. The molecule has 0 saturated carbocycles. The van der Waals surface area contributed by atoms with Crippen molar-refractivity contribution < 1.29 is 0 Å². The van der Waals surface area contributed by atoms with Gasteiger partial charge in [-0.1, -0.05) is 18.2 Å². The summed E-state index contributed by atoms with van der Waals surface area (Å²) in [7, 11) is 0. The van der Waals surface area contributed by atoms with E-state index >= 15 is 0 Å². The molecule has 0 aliphatic heterocycles. The fourth-order valence-electron chi connectivity index (χ4n) is 1.62. The molecule has 3 rings (SSSR count). The molecule has 6 heteroatoms. The van der Waals surface area contributed by atoms with E-state index in [2.05, 4.69) is 20.5 Å². The lowest BCUT2D eigenvalue weighted by Crippen LogP contribution is -2.01. The summed E-state index contributed by atoms with van der Waals surface area (Å²) in [4.78, 5) is 0. The number of H-pyrrole nitrogens is 1. The lowest BCUT2D eigenvalue weighted by Gasteiger charge is -2.02. The minimum absolute atomic E-state index is 0.564. The number of aromatic nitrogens is 5. The van der Waals surface area contributed by atoms with Crippen molar-refractivity contribution >= 4 is 5.82 Å². The lowest BCUT2D eigenvalue weighted by atomic mass is 10.3. The summed E-state index contributed by atoms with van der Waals surface area (Å²) in [6.45, 7) is 0. The maximum Gasteiger partial charge on any atom is 0.133 e. The number of anilines is 1. The summed E-state index contributed by atoms with van der Waals surface area (Å²) < 4.78 is 1.67. The van der Waals surface area contributed by atoms with Crippen molar-refractivity contribution in [3.05, 3.63) is 42.6 Å².